The number of nitrogens with one attached hydrogen (secondary N) is 1. The Hall–Kier alpha value is -2.88. The predicted octanol–water partition coefficient (Wildman–Crippen LogP) is 6.08. The van der Waals surface area contributed by atoms with Crippen molar-refractivity contribution < 1.29 is 18.0 Å². The largest absolute Gasteiger partial charge is 0.352 e. The third-order valence-electron chi connectivity index (χ3n) is 7.25. The average molecular weight is 647 g/mol. The molecule has 0 aliphatic heterocycles. The Labute approximate surface area is 249 Å². The average Bonchev–Trinajstić information content (AvgIpc) is 3.46. The van der Waals surface area contributed by atoms with E-state index in [1.165, 1.54) is 17.0 Å². The molecule has 4 rings (SSSR count). The zero-order valence-electron chi connectivity index (χ0n) is 22.5. The number of benzene rings is 3. The molecular weight excluding hydrogens is 614 g/mol. The van der Waals surface area contributed by atoms with E-state index in [9.17, 15) is 18.0 Å². The van der Waals surface area contributed by atoms with Gasteiger partial charge in [-0.25, -0.2) is 8.42 Å². The number of amides is 2. The van der Waals surface area contributed by atoms with Crippen molar-refractivity contribution in [3.05, 3.63) is 93.4 Å². The monoisotopic (exact) mass is 645 g/mol. The standard InChI is InChI=1S/C30H33BrClN3O4S/c1-21-27(32)13-8-14-28(21)35(40(38,39)26-11-4-3-5-12-26)20-29(36)34(19-23-15-17-24(31)18-16-23)22(2)30(37)33-25-9-6-7-10-25/h3-5,8,11-18,22,25H,6-7,9-10,19-20H2,1-2H3,(H,33,37)/t22-/m1/s1. The van der Waals surface area contributed by atoms with Gasteiger partial charge in [-0.05, 0) is 74.2 Å². The molecule has 0 saturated heterocycles. The van der Waals surface area contributed by atoms with E-state index in [-0.39, 0.29) is 23.4 Å². The summed E-state index contributed by atoms with van der Waals surface area (Å²) in [7, 11) is -4.14. The number of sulfonamides is 1. The first-order chi connectivity index (χ1) is 19.1. The molecule has 0 bridgehead atoms. The van der Waals surface area contributed by atoms with Crippen LogP contribution in [0.5, 0.6) is 0 Å². The maximum Gasteiger partial charge on any atom is 0.264 e. The van der Waals surface area contributed by atoms with Gasteiger partial charge in [0.15, 0.2) is 0 Å². The first-order valence-electron chi connectivity index (χ1n) is 13.2. The first kappa shape index (κ1) is 30.1. The Morgan fingerprint density at radius 3 is 2.30 bits per heavy atom. The lowest BCUT2D eigenvalue weighted by Crippen LogP contribution is -2.52. The van der Waals surface area contributed by atoms with Gasteiger partial charge in [-0.15, -0.1) is 0 Å². The first-order valence-corrected chi connectivity index (χ1v) is 15.9. The summed E-state index contributed by atoms with van der Waals surface area (Å²) in [6, 6.07) is 19.7. The van der Waals surface area contributed by atoms with E-state index in [0.717, 1.165) is 40.0 Å². The molecule has 212 valence electrons. The van der Waals surface area contributed by atoms with Crippen LogP contribution in [0, 0.1) is 6.92 Å². The zero-order chi connectivity index (χ0) is 28.9. The minimum absolute atomic E-state index is 0.0497. The van der Waals surface area contributed by atoms with Crippen molar-refractivity contribution in [1.82, 2.24) is 10.2 Å². The van der Waals surface area contributed by atoms with Crippen LogP contribution < -0.4 is 9.62 Å². The van der Waals surface area contributed by atoms with Crippen LogP contribution in [0.15, 0.2) is 82.2 Å². The third-order valence-corrected chi connectivity index (χ3v) is 9.96. The lowest BCUT2D eigenvalue weighted by atomic mass is 10.1. The van der Waals surface area contributed by atoms with Gasteiger partial charge in [-0.2, -0.15) is 0 Å². The molecule has 7 nitrogen and oxygen atoms in total. The van der Waals surface area contributed by atoms with E-state index in [0.29, 0.717) is 16.3 Å². The minimum atomic E-state index is -4.14. The van der Waals surface area contributed by atoms with E-state index >= 15 is 0 Å². The highest BCUT2D eigenvalue weighted by Crippen LogP contribution is 2.31. The molecule has 1 N–H and O–H groups in total. The molecule has 0 unspecified atom stereocenters. The van der Waals surface area contributed by atoms with Crippen LogP contribution in [-0.2, 0) is 26.2 Å². The van der Waals surface area contributed by atoms with Crippen LogP contribution in [0.3, 0.4) is 0 Å². The van der Waals surface area contributed by atoms with Crippen molar-refractivity contribution in [3.8, 4) is 0 Å². The maximum absolute atomic E-state index is 14.1. The molecule has 1 saturated carbocycles. The third kappa shape index (κ3) is 7.06. The second-order valence-electron chi connectivity index (χ2n) is 10.0. The van der Waals surface area contributed by atoms with Crippen LogP contribution in [-0.4, -0.2) is 43.8 Å². The smallest absolute Gasteiger partial charge is 0.264 e. The van der Waals surface area contributed by atoms with Crippen LogP contribution >= 0.6 is 27.5 Å². The Bertz CT molecular complexity index is 1450. The summed E-state index contributed by atoms with van der Waals surface area (Å²) in [5.41, 5.74) is 1.65. The molecule has 1 atom stereocenters. The summed E-state index contributed by atoms with van der Waals surface area (Å²) in [4.78, 5) is 28.8. The van der Waals surface area contributed by atoms with Gasteiger partial charge >= 0.3 is 0 Å². The number of anilines is 1. The van der Waals surface area contributed by atoms with Crippen LogP contribution in [0.25, 0.3) is 0 Å². The highest BCUT2D eigenvalue weighted by molar-refractivity contribution is 9.10. The topological polar surface area (TPSA) is 86.8 Å². The van der Waals surface area contributed by atoms with E-state index < -0.39 is 28.5 Å². The molecule has 3 aromatic rings. The Morgan fingerprint density at radius 2 is 1.65 bits per heavy atom. The Kier molecular flexibility index (Phi) is 9.92. The van der Waals surface area contributed by atoms with Gasteiger partial charge in [0.1, 0.15) is 12.6 Å². The number of carbonyl (C=O) groups is 2. The lowest BCUT2D eigenvalue weighted by molar-refractivity contribution is -0.139. The van der Waals surface area contributed by atoms with Crippen LogP contribution in [0.1, 0.15) is 43.7 Å². The molecule has 3 aromatic carbocycles. The molecule has 0 spiro atoms. The van der Waals surface area contributed by atoms with Gasteiger partial charge in [0.2, 0.25) is 11.8 Å². The van der Waals surface area contributed by atoms with Crippen molar-refractivity contribution in [2.24, 2.45) is 0 Å². The normalized spacial score (nSPS) is 14.5. The quantitative estimate of drug-likeness (QED) is 0.289. The Balaban J connectivity index is 1.70. The van der Waals surface area contributed by atoms with E-state index in [1.807, 2.05) is 24.3 Å². The number of hydrogen-bond donors (Lipinski definition) is 1. The van der Waals surface area contributed by atoms with Crippen molar-refractivity contribution in [2.45, 2.75) is 63.1 Å². The predicted molar refractivity (Wildman–Crippen MR) is 162 cm³/mol. The van der Waals surface area contributed by atoms with E-state index in [2.05, 4.69) is 21.2 Å². The Morgan fingerprint density at radius 1 is 1.00 bits per heavy atom. The van der Waals surface area contributed by atoms with Gasteiger partial charge in [0, 0.05) is 22.1 Å². The fraction of sp³-hybridized carbons (Fsp3) is 0.333. The summed E-state index contributed by atoms with van der Waals surface area (Å²) < 4.78 is 29.8. The number of halogens is 2. The summed E-state index contributed by atoms with van der Waals surface area (Å²) >= 11 is 9.80. The summed E-state index contributed by atoms with van der Waals surface area (Å²) in [6.45, 7) is 3.03. The van der Waals surface area contributed by atoms with Crippen LogP contribution in [0.2, 0.25) is 5.02 Å². The van der Waals surface area contributed by atoms with Gasteiger partial charge < -0.3 is 10.2 Å². The van der Waals surface area contributed by atoms with Crippen LogP contribution in [0.4, 0.5) is 5.69 Å². The second-order valence-corrected chi connectivity index (χ2v) is 13.2. The molecular formula is C30H33BrClN3O4S. The molecule has 1 aliphatic carbocycles. The highest BCUT2D eigenvalue weighted by atomic mass is 79.9. The minimum Gasteiger partial charge on any atom is -0.352 e. The van der Waals surface area contributed by atoms with E-state index in [4.69, 9.17) is 11.6 Å². The van der Waals surface area contributed by atoms with Gasteiger partial charge in [0.25, 0.3) is 10.0 Å². The molecule has 2 amide bonds. The summed E-state index contributed by atoms with van der Waals surface area (Å²) in [6.07, 6.45) is 3.95. The zero-order valence-corrected chi connectivity index (χ0v) is 25.7. The highest BCUT2D eigenvalue weighted by Gasteiger charge is 2.34. The molecule has 0 heterocycles. The number of rotatable bonds is 10. The van der Waals surface area contributed by atoms with Crippen molar-refractivity contribution in [3.63, 3.8) is 0 Å². The molecule has 1 fully saturated rings. The lowest BCUT2D eigenvalue weighted by Gasteiger charge is -2.33. The summed E-state index contributed by atoms with van der Waals surface area (Å²) in [5.74, 6) is -0.760. The molecule has 0 radical (unpaired) electrons. The van der Waals surface area contributed by atoms with E-state index in [1.54, 1.807) is 50.2 Å². The fourth-order valence-corrected chi connectivity index (χ4v) is 6.79. The van der Waals surface area contributed by atoms with Gasteiger partial charge in [0.05, 0.1) is 10.6 Å². The molecule has 0 aromatic heterocycles. The summed E-state index contributed by atoms with van der Waals surface area (Å²) in [5, 5.41) is 3.46. The van der Waals surface area contributed by atoms with Crippen molar-refractivity contribution in [1.29, 1.82) is 0 Å². The number of hydrogen-bond acceptors (Lipinski definition) is 4. The number of nitrogens with zero attached hydrogens (tertiary/aromatic N) is 2. The molecule has 10 heteroatoms. The fourth-order valence-electron chi connectivity index (χ4n) is 4.86. The van der Waals surface area contributed by atoms with Gasteiger partial charge in [-0.3, -0.25) is 13.9 Å². The second kappa shape index (κ2) is 13.2. The molecule has 40 heavy (non-hydrogen) atoms. The van der Waals surface area contributed by atoms with Crippen molar-refractivity contribution >= 4 is 55.1 Å². The number of carbonyl (C=O) groups excluding carboxylic acids is 2. The van der Waals surface area contributed by atoms with Gasteiger partial charge in [-0.1, -0.05) is 76.8 Å². The maximum atomic E-state index is 14.1. The van der Waals surface area contributed by atoms with Crippen molar-refractivity contribution in [2.75, 3.05) is 10.8 Å². The molecule has 1 aliphatic rings. The SMILES string of the molecule is Cc1c(Cl)cccc1N(CC(=O)N(Cc1ccc(Br)cc1)[C@H](C)C(=O)NC1CCCC1)S(=O)(=O)c1ccccc1.